The van der Waals surface area contributed by atoms with E-state index in [1.807, 2.05) is 0 Å². The molecule has 0 radical (unpaired) electrons. The van der Waals surface area contributed by atoms with Crippen LogP contribution in [0.1, 0.15) is 24.0 Å². The summed E-state index contributed by atoms with van der Waals surface area (Å²) in [4.78, 5) is 11.0. The molecule has 0 aromatic carbocycles. The molecule has 0 fully saturated rings. The number of furan rings is 1. The number of aliphatic hydroxyl groups is 1. The number of aliphatic hydroxyl groups excluding tert-OH is 1. The molecule has 0 aliphatic carbocycles. The molecule has 1 aromatic rings. The van der Waals surface area contributed by atoms with Crippen molar-refractivity contribution in [2.24, 2.45) is 0 Å². The van der Waals surface area contributed by atoms with Gasteiger partial charge in [0.2, 0.25) is 0 Å². The maximum Gasteiger partial charge on any atom is 0.330 e. The lowest BCUT2D eigenvalue weighted by atomic mass is 10.2. The molecule has 1 rings (SSSR count). The summed E-state index contributed by atoms with van der Waals surface area (Å²) >= 11 is 0. The van der Waals surface area contributed by atoms with Gasteiger partial charge in [-0.3, -0.25) is 0 Å². The van der Waals surface area contributed by atoms with Crippen molar-refractivity contribution in [1.82, 2.24) is 0 Å². The standard InChI is InChI=1S/C11H14O4/c1-3-14-11(13)5-4-10-6-9(7-12)8(2)15-10/h4-6,12H,3,7H2,1-2H3/b5-4+. The first-order valence-corrected chi connectivity index (χ1v) is 4.72. The normalized spacial score (nSPS) is 10.9. The van der Waals surface area contributed by atoms with Crippen molar-refractivity contribution in [3.8, 4) is 0 Å². The van der Waals surface area contributed by atoms with E-state index in [0.29, 0.717) is 18.1 Å². The average molecular weight is 210 g/mol. The maximum absolute atomic E-state index is 11.0. The monoisotopic (exact) mass is 210 g/mol. The Labute approximate surface area is 88.2 Å². The van der Waals surface area contributed by atoms with Gasteiger partial charge in [-0.2, -0.15) is 0 Å². The molecule has 0 saturated heterocycles. The Bertz CT molecular complexity index is 363. The van der Waals surface area contributed by atoms with Crippen molar-refractivity contribution >= 4 is 12.0 Å². The van der Waals surface area contributed by atoms with E-state index in [1.54, 1.807) is 19.9 Å². The molecule has 0 saturated carbocycles. The van der Waals surface area contributed by atoms with Crippen LogP contribution in [0.15, 0.2) is 16.6 Å². The predicted molar refractivity (Wildman–Crippen MR) is 55.0 cm³/mol. The largest absolute Gasteiger partial charge is 0.463 e. The average Bonchev–Trinajstić information content (AvgIpc) is 2.56. The Hall–Kier alpha value is -1.55. The van der Waals surface area contributed by atoms with E-state index in [-0.39, 0.29) is 6.61 Å². The van der Waals surface area contributed by atoms with Crippen molar-refractivity contribution < 1.29 is 19.1 Å². The summed E-state index contributed by atoms with van der Waals surface area (Å²) < 4.78 is 9.99. The molecular weight excluding hydrogens is 196 g/mol. The second kappa shape index (κ2) is 5.36. The number of rotatable bonds is 4. The van der Waals surface area contributed by atoms with Gasteiger partial charge >= 0.3 is 5.97 Å². The SMILES string of the molecule is CCOC(=O)/C=C/c1cc(CO)c(C)o1. The van der Waals surface area contributed by atoms with Gasteiger partial charge < -0.3 is 14.3 Å². The summed E-state index contributed by atoms with van der Waals surface area (Å²) in [5.74, 6) is 0.780. The molecule has 0 aliphatic heterocycles. The first kappa shape index (κ1) is 11.5. The van der Waals surface area contributed by atoms with Gasteiger partial charge in [0, 0.05) is 11.6 Å². The minimum Gasteiger partial charge on any atom is -0.463 e. The van der Waals surface area contributed by atoms with Crippen LogP contribution in [-0.4, -0.2) is 17.7 Å². The fraction of sp³-hybridized carbons (Fsp3) is 0.364. The van der Waals surface area contributed by atoms with Crippen LogP contribution in [0.2, 0.25) is 0 Å². The lowest BCUT2D eigenvalue weighted by Crippen LogP contribution is -1.98. The summed E-state index contributed by atoms with van der Waals surface area (Å²) in [6.45, 7) is 3.78. The second-order valence-corrected chi connectivity index (χ2v) is 2.97. The lowest BCUT2D eigenvalue weighted by molar-refractivity contribution is -0.137. The molecular formula is C11H14O4. The number of carbonyl (C=O) groups excluding carboxylic acids is 1. The van der Waals surface area contributed by atoms with Gasteiger partial charge in [0.1, 0.15) is 11.5 Å². The summed E-state index contributed by atoms with van der Waals surface area (Å²) in [5.41, 5.74) is 0.721. The van der Waals surface area contributed by atoms with Crippen LogP contribution in [0.4, 0.5) is 0 Å². The highest BCUT2D eigenvalue weighted by molar-refractivity contribution is 5.86. The highest BCUT2D eigenvalue weighted by atomic mass is 16.5. The molecule has 1 N–H and O–H groups in total. The highest BCUT2D eigenvalue weighted by Crippen LogP contribution is 2.15. The van der Waals surface area contributed by atoms with Crippen LogP contribution >= 0.6 is 0 Å². The molecule has 0 unspecified atom stereocenters. The van der Waals surface area contributed by atoms with E-state index in [9.17, 15) is 4.79 Å². The Morgan fingerprint density at radius 2 is 2.40 bits per heavy atom. The first-order valence-electron chi connectivity index (χ1n) is 4.72. The quantitative estimate of drug-likeness (QED) is 0.606. The lowest BCUT2D eigenvalue weighted by Gasteiger charge is -1.93. The molecule has 82 valence electrons. The van der Waals surface area contributed by atoms with Gasteiger partial charge in [-0.1, -0.05) is 0 Å². The van der Waals surface area contributed by atoms with Gasteiger partial charge in [-0.05, 0) is 26.0 Å². The molecule has 1 heterocycles. The molecule has 0 atom stereocenters. The highest BCUT2D eigenvalue weighted by Gasteiger charge is 2.04. The summed E-state index contributed by atoms with van der Waals surface area (Å²) in [6.07, 6.45) is 2.81. The minimum absolute atomic E-state index is 0.0669. The van der Waals surface area contributed by atoms with Gasteiger partial charge in [0.15, 0.2) is 0 Å². The predicted octanol–water partition coefficient (Wildman–Crippen LogP) is 1.66. The Morgan fingerprint density at radius 3 is 2.93 bits per heavy atom. The number of hydrogen-bond donors (Lipinski definition) is 1. The van der Waals surface area contributed by atoms with Gasteiger partial charge in [0.05, 0.1) is 13.2 Å². The Kier molecular flexibility index (Phi) is 4.12. The van der Waals surface area contributed by atoms with Gasteiger partial charge in [0.25, 0.3) is 0 Å². The molecule has 4 heteroatoms. The second-order valence-electron chi connectivity index (χ2n) is 2.97. The van der Waals surface area contributed by atoms with E-state index in [2.05, 4.69) is 0 Å². The molecule has 15 heavy (non-hydrogen) atoms. The first-order chi connectivity index (χ1) is 7.17. The molecule has 0 aliphatic rings. The zero-order valence-corrected chi connectivity index (χ0v) is 8.82. The van der Waals surface area contributed by atoms with E-state index in [1.165, 1.54) is 12.2 Å². The minimum atomic E-state index is -0.405. The summed E-state index contributed by atoms with van der Waals surface area (Å²) in [5, 5.41) is 8.92. The Morgan fingerprint density at radius 1 is 1.67 bits per heavy atom. The van der Waals surface area contributed by atoms with Crippen molar-refractivity contribution in [3.63, 3.8) is 0 Å². The third-order valence-electron chi connectivity index (χ3n) is 1.88. The summed E-state index contributed by atoms with van der Waals surface area (Å²) in [7, 11) is 0. The Balaban J connectivity index is 2.68. The van der Waals surface area contributed by atoms with Crippen molar-refractivity contribution in [2.45, 2.75) is 20.5 Å². The van der Waals surface area contributed by atoms with Crippen LogP contribution in [0.5, 0.6) is 0 Å². The van der Waals surface area contributed by atoms with Crippen LogP contribution in [0.3, 0.4) is 0 Å². The van der Waals surface area contributed by atoms with Crippen molar-refractivity contribution in [3.05, 3.63) is 29.2 Å². The van der Waals surface area contributed by atoms with Crippen LogP contribution < -0.4 is 0 Å². The number of hydrogen-bond acceptors (Lipinski definition) is 4. The molecule has 4 nitrogen and oxygen atoms in total. The molecule has 0 bridgehead atoms. The van der Waals surface area contributed by atoms with E-state index in [4.69, 9.17) is 14.3 Å². The zero-order valence-electron chi connectivity index (χ0n) is 8.82. The number of aryl methyl sites for hydroxylation is 1. The molecule has 0 amide bonds. The maximum atomic E-state index is 11.0. The number of ether oxygens (including phenoxy) is 1. The third kappa shape index (κ3) is 3.25. The summed E-state index contributed by atoms with van der Waals surface area (Å²) in [6, 6.07) is 1.69. The number of carbonyl (C=O) groups is 1. The topological polar surface area (TPSA) is 59.7 Å². The smallest absolute Gasteiger partial charge is 0.330 e. The van der Waals surface area contributed by atoms with E-state index >= 15 is 0 Å². The third-order valence-corrected chi connectivity index (χ3v) is 1.88. The molecule has 1 aromatic heterocycles. The number of esters is 1. The van der Waals surface area contributed by atoms with Crippen LogP contribution in [0.25, 0.3) is 6.08 Å². The van der Waals surface area contributed by atoms with Gasteiger partial charge in [-0.15, -0.1) is 0 Å². The fourth-order valence-corrected chi connectivity index (χ4v) is 1.12. The van der Waals surface area contributed by atoms with Crippen molar-refractivity contribution in [2.75, 3.05) is 6.61 Å². The molecule has 0 spiro atoms. The van der Waals surface area contributed by atoms with Crippen LogP contribution in [-0.2, 0) is 16.1 Å². The van der Waals surface area contributed by atoms with Crippen molar-refractivity contribution in [1.29, 1.82) is 0 Å². The van der Waals surface area contributed by atoms with E-state index < -0.39 is 5.97 Å². The van der Waals surface area contributed by atoms with Crippen LogP contribution in [0, 0.1) is 6.92 Å². The fourth-order valence-electron chi connectivity index (χ4n) is 1.12. The zero-order chi connectivity index (χ0) is 11.3. The van der Waals surface area contributed by atoms with Gasteiger partial charge in [-0.25, -0.2) is 4.79 Å². The van der Waals surface area contributed by atoms with E-state index in [0.717, 1.165) is 5.56 Å².